The first-order valence-corrected chi connectivity index (χ1v) is 7.33. The van der Waals surface area contributed by atoms with Crippen LogP contribution in [0.2, 0.25) is 0 Å². The SMILES string of the molecule is Cn1nc(C(N)CCc2cccs2)c2ccccc21. The molecule has 1 unspecified atom stereocenters. The molecule has 0 radical (unpaired) electrons. The number of fused-ring (bicyclic) bond motifs is 1. The summed E-state index contributed by atoms with van der Waals surface area (Å²) in [7, 11) is 1.97. The Hall–Kier alpha value is -1.65. The third-order valence-electron chi connectivity index (χ3n) is 3.42. The highest BCUT2D eigenvalue weighted by Crippen LogP contribution is 2.25. The van der Waals surface area contributed by atoms with Gasteiger partial charge in [0.05, 0.1) is 11.2 Å². The Kier molecular flexibility index (Phi) is 3.36. The summed E-state index contributed by atoms with van der Waals surface area (Å²) in [4.78, 5) is 1.38. The molecule has 0 spiro atoms. The third kappa shape index (κ3) is 2.41. The standard InChI is InChI=1S/C15H17N3S/c1-18-14-7-3-2-6-12(14)15(17-18)13(16)9-8-11-5-4-10-19-11/h2-7,10,13H,8-9,16H2,1H3. The van der Waals surface area contributed by atoms with Crippen molar-refractivity contribution in [3.63, 3.8) is 0 Å². The van der Waals surface area contributed by atoms with Crippen molar-refractivity contribution in [2.75, 3.05) is 0 Å². The quantitative estimate of drug-likeness (QED) is 0.791. The Labute approximate surface area is 116 Å². The normalized spacial score (nSPS) is 12.9. The fourth-order valence-electron chi connectivity index (χ4n) is 2.40. The molecule has 3 aromatic rings. The van der Waals surface area contributed by atoms with Gasteiger partial charge < -0.3 is 5.73 Å². The molecule has 2 N–H and O–H groups in total. The second-order valence-corrected chi connectivity index (χ2v) is 5.78. The summed E-state index contributed by atoms with van der Waals surface area (Å²) in [6.45, 7) is 0. The van der Waals surface area contributed by atoms with Crippen LogP contribution in [-0.4, -0.2) is 9.78 Å². The molecule has 0 amide bonds. The van der Waals surface area contributed by atoms with Crippen molar-refractivity contribution in [3.05, 3.63) is 52.3 Å². The van der Waals surface area contributed by atoms with Crippen molar-refractivity contribution in [1.29, 1.82) is 0 Å². The van der Waals surface area contributed by atoms with Crippen molar-refractivity contribution in [3.8, 4) is 0 Å². The smallest absolute Gasteiger partial charge is 0.0870 e. The van der Waals surface area contributed by atoms with Crippen LogP contribution < -0.4 is 5.73 Å². The lowest BCUT2D eigenvalue weighted by molar-refractivity contribution is 0.621. The summed E-state index contributed by atoms with van der Waals surface area (Å²) in [5.41, 5.74) is 8.47. The predicted molar refractivity (Wildman–Crippen MR) is 80.3 cm³/mol. The van der Waals surface area contributed by atoms with Crippen LogP contribution >= 0.6 is 11.3 Å². The van der Waals surface area contributed by atoms with Gasteiger partial charge in [0.2, 0.25) is 0 Å². The van der Waals surface area contributed by atoms with Gasteiger partial charge in [0.15, 0.2) is 0 Å². The van der Waals surface area contributed by atoms with Crippen molar-refractivity contribution >= 4 is 22.2 Å². The summed E-state index contributed by atoms with van der Waals surface area (Å²) in [5.74, 6) is 0. The van der Waals surface area contributed by atoms with Gasteiger partial charge in [-0.2, -0.15) is 5.10 Å². The molecule has 0 aliphatic rings. The zero-order valence-corrected chi connectivity index (χ0v) is 11.7. The molecule has 3 nitrogen and oxygen atoms in total. The summed E-state index contributed by atoms with van der Waals surface area (Å²) in [6, 6.07) is 12.5. The molecule has 0 aliphatic carbocycles. The fraction of sp³-hybridized carbons (Fsp3) is 0.267. The minimum Gasteiger partial charge on any atom is -0.323 e. The van der Waals surface area contributed by atoms with E-state index in [1.165, 1.54) is 10.3 Å². The summed E-state index contributed by atoms with van der Waals surface area (Å²) in [5, 5.41) is 7.86. The van der Waals surface area contributed by atoms with Gasteiger partial charge in [0.25, 0.3) is 0 Å². The summed E-state index contributed by atoms with van der Waals surface area (Å²) >= 11 is 1.79. The van der Waals surface area contributed by atoms with Gasteiger partial charge in [-0.15, -0.1) is 11.3 Å². The minimum absolute atomic E-state index is 0.00630. The number of thiophene rings is 1. The largest absolute Gasteiger partial charge is 0.323 e. The number of hydrogen-bond donors (Lipinski definition) is 1. The van der Waals surface area contributed by atoms with Crippen molar-refractivity contribution in [2.45, 2.75) is 18.9 Å². The zero-order valence-electron chi connectivity index (χ0n) is 10.9. The van der Waals surface area contributed by atoms with Gasteiger partial charge >= 0.3 is 0 Å². The van der Waals surface area contributed by atoms with E-state index in [1.807, 2.05) is 23.9 Å². The first-order chi connectivity index (χ1) is 9.25. The van der Waals surface area contributed by atoms with Crippen LogP contribution in [0.15, 0.2) is 41.8 Å². The zero-order chi connectivity index (χ0) is 13.2. The molecule has 3 rings (SSSR count). The lowest BCUT2D eigenvalue weighted by Crippen LogP contribution is -2.12. The number of rotatable bonds is 4. The topological polar surface area (TPSA) is 43.8 Å². The van der Waals surface area contributed by atoms with E-state index < -0.39 is 0 Å². The van der Waals surface area contributed by atoms with E-state index in [2.05, 4.69) is 34.7 Å². The van der Waals surface area contributed by atoms with Crippen LogP contribution in [0.1, 0.15) is 23.0 Å². The van der Waals surface area contributed by atoms with Gasteiger partial charge in [-0.1, -0.05) is 24.3 Å². The van der Waals surface area contributed by atoms with Crippen LogP contribution in [0.3, 0.4) is 0 Å². The average molecular weight is 271 g/mol. The van der Waals surface area contributed by atoms with Crippen LogP contribution in [0.25, 0.3) is 10.9 Å². The monoisotopic (exact) mass is 271 g/mol. The third-order valence-corrected chi connectivity index (χ3v) is 4.36. The molecular formula is C15H17N3S. The fourth-order valence-corrected chi connectivity index (χ4v) is 3.13. The molecule has 0 fully saturated rings. The molecule has 4 heteroatoms. The molecule has 1 aromatic carbocycles. The second kappa shape index (κ2) is 5.15. The van der Waals surface area contributed by atoms with Crippen LogP contribution in [0, 0.1) is 0 Å². The van der Waals surface area contributed by atoms with Crippen molar-refractivity contribution in [2.24, 2.45) is 12.8 Å². The predicted octanol–water partition coefficient (Wildman–Crippen LogP) is 3.27. The lowest BCUT2D eigenvalue weighted by atomic mass is 10.0. The van der Waals surface area contributed by atoms with E-state index in [-0.39, 0.29) is 6.04 Å². The lowest BCUT2D eigenvalue weighted by Gasteiger charge is -2.08. The Bertz CT molecular complexity index is 670. The number of nitrogens with zero attached hydrogens (tertiary/aromatic N) is 2. The van der Waals surface area contributed by atoms with Crippen LogP contribution in [0.5, 0.6) is 0 Å². The number of benzene rings is 1. The van der Waals surface area contributed by atoms with Crippen molar-refractivity contribution < 1.29 is 0 Å². The Morgan fingerprint density at radius 3 is 2.89 bits per heavy atom. The molecule has 0 bridgehead atoms. The first kappa shape index (κ1) is 12.4. The van der Waals surface area contributed by atoms with Crippen LogP contribution in [-0.2, 0) is 13.5 Å². The Morgan fingerprint density at radius 2 is 2.11 bits per heavy atom. The molecular weight excluding hydrogens is 254 g/mol. The maximum absolute atomic E-state index is 6.32. The van der Waals surface area contributed by atoms with E-state index in [0.717, 1.165) is 24.1 Å². The summed E-state index contributed by atoms with van der Waals surface area (Å²) < 4.78 is 1.91. The van der Waals surface area contributed by atoms with Crippen LogP contribution in [0.4, 0.5) is 0 Å². The highest BCUT2D eigenvalue weighted by molar-refractivity contribution is 7.09. The van der Waals surface area contributed by atoms with E-state index in [4.69, 9.17) is 5.73 Å². The number of nitrogens with two attached hydrogens (primary N) is 1. The van der Waals surface area contributed by atoms with Crippen molar-refractivity contribution in [1.82, 2.24) is 9.78 Å². The maximum Gasteiger partial charge on any atom is 0.0870 e. The van der Waals surface area contributed by atoms with Gasteiger partial charge in [-0.3, -0.25) is 4.68 Å². The second-order valence-electron chi connectivity index (χ2n) is 4.75. The first-order valence-electron chi connectivity index (χ1n) is 6.45. The molecule has 0 saturated heterocycles. The van der Waals surface area contributed by atoms with E-state index >= 15 is 0 Å². The molecule has 1 atom stereocenters. The highest BCUT2D eigenvalue weighted by Gasteiger charge is 2.15. The van der Waals surface area contributed by atoms with Gasteiger partial charge in [-0.25, -0.2) is 0 Å². The number of para-hydroxylation sites is 1. The number of hydrogen-bond acceptors (Lipinski definition) is 3. The minimum atomic E-state index is -0.00630. The van der Waals surface area contributed by atoms with E-state index in [0.29, 0.717) is 0 Å². The number of aryl methyl sites for hydroxylation is 2. The highest BCUT2D eigenvalue weighted by atomic mass is 32.1. The molecule has 0 saturated carbocycles. The Morgan fingerprint density at radius 1 is 1.26 bits per heavy atom. The van der Waals surface area contributed by atoms with Gasteiger partial charge in [0, 0.05) is 23.4 Å². The summed E-state index contributed by atoms with van der Waals surface area (Å²) in [6.07, 6.45) is 1.95. The maximum atomic E-state index is 6.32. The molecule has 98 valence electrons. The van der Waals surface area contributed by atoms with E-state index in [9.17, 15) is 0 Å². The molecule has 19 heavy (non-hydrogen) atoms. The Balaban J connectivity index is 1.83. The van der Waals surface area contributed by atoms with Gasteiger partial charge in [-0.05, 0) is 30.4 Å². The number of aromatic nitrogens is 2. The molecule has 0 aliphatic heterocycles. The average Bonchev–Trinajstić information content (AvgIpc) is 3.05. The van der Waals surface area contributed by atoms with E-state index in [1.54, 1.807) is 11.3 Å². The molecule has 2 heterocycles. The molecule has 2 aromatic heterocycles. The van der Waals surface area contributed by atoms with Gasteiger partial charge in [0.1, 0.15) is 0 Å².